The minimum Gasteiger partial charge on any atom is -0.351 e. The van der Waals surface area contributed by atoms with Gasteiger partial charge in [0.15, 0.2) is 0 Å². The van der Waals surface area contributed by atoms with E-state index in [1.165, 1.54) is 17.7 Å². The van der Waals surface area contributed by atoms with Crippen LogP contribution in [-0.4, -0.2) is 20.9 Å². The standard InChI is InChI=1S/C25H26N2O3S/c1-18-7-6-10-23(19(18)2)27-31(29,30)22-13-11-20(12-14-22)24(28)26-17-25(15-16-25)21-8-4-3-5-9-21/h3-14,27H,15-17H2,1-2H3,(H,26,28). The Hall–Kier alpha value is -3.12. The normalized spacial score (nSPS) is 14.6. The number of carbonyl (C=O) groups excluding carboxylic acids is 1. The highest BCUT2D eigenvalue weighted by Crippen LogP contribution is 2.47. The van der Waals surface area contributed by atoms with Gasteiger partial charge < -0.3 is 5.32 Å². The lowest BCUT2D eigenvalue weighted by Crippen LogP contribution is -2.32. The minimum atomic E-state index is -3.74. The molecule has 6 heteroatoms. The summed E-state index contributed by atoms with van der Waals surface area (Å²) in [5, 5.41) is 3.01. The summed E-state index contributed by atoms with van der Waals surface area (Å²) in [6, 6.07) is 21.7. The zero-order chi connectivity index (χ0) is 22.1. The van der Waals surface area contributed by atoms with E-state index < -0.39 is 10.0 Å². The minimum absolute atomic E-state index is 0.0236. The van der Waals surface area contributed by atoms with Crippen LogP contribution in [-0.2, 0) is 15.4 Å². The predicted molar refractivity (Wildman–Crippen MR) is 123 cm³/mol. The van der Waals surface area contributed by atoms with Crippen LogP contribution in [0, 0.1) is 13.8 Å². The summed E-state index contributed by atoms with van der Waals surface area (Å²) in [7, 11) is -3.74. The molecular formula is C25H26N2O3S. The first kappa shape index (κ1) is 21.1. The average molecular weight is 435 g/mol. The number of anilines is 1. The summed E-state index contributed by atoms with van der Waals surface area (Å²) in [4.78, 5) is 12.7. The summed E-state index contributed by atoms with van der Waals surface area (Å²) >= 11 is 0. The number of hydrogen-bond acceptors (Lipinski definition) is 3. The van der Waals surface area contributed by atoms with Crippen molar-refractivity contribution in [2.24, 2.45) is 0 Å². The van der Waals surface area contributed by atoms with Gasteiger partial charge in [-0.2, -0.15) is 0 Å². The van der Waals surface area contributed by atoms with Crippen molar-refractivity contribution in [1.82, 2.24) is 5.32 Å². The molecule has 31 heavy (non-hydrogen) atoms. The molecule has 0 aliphatic heterocycles. The largest absolute Gasteiger partial charge is 0.351 e. The van der Waals surface area contributed by atoms with Crippen molar-refractivity contribution in [2.45, 2.75) is 37.0 Å². The van der Waals surface area contributed by atoms with Gasteiger partial charge in [-0.15, -0.1) is 0 Å². The molecule has 0 spiro atoms. The van der Waals surface area contributed by atoms with Gasteiger partial charge in [0.25, 0.3) is 15.9 Å². The fourth-order valence-electron chi connectivity index (χ4n) is 3.71. The lowest BCUT2D eigenvalue weighted by atomic mass is 9.96. The Morgan fingerprint density at radius 1 is 0.903 bits per heavy atom. The molecule has 1 saturated carbocycles. The average Bonchev–Trinajstić information content (AvgIpc) is 3.57. The van der Waals surface area contributed by atoms with Gasteiger partial charge in [-0.3, -0.25) is 9.52 Å². The summed E-state index contributed by atoms with van der Waals surface area (Å²) < 4.78 is 28.1. The number of benzene rings is 3. The van der Waals surface area contributed by atoms with E-state index in [0.717, 1.165) is 24.0 Å². The molecule has 0 unspecified atom stereocenters. The first-order valence-corrected chi connectivity index (χ1v) is 11.8. The Balaban J connectivity index is 1.43. The van der Waals surface area contributed by atoms with E-state index >= 15 is 0 Å². The number of sulfonamides is 1. The monoisotopic (exact) mass is 434 g/mol. The summed E-state index contributed by atoms with van der Waals surface area (Å²) in [6.45, 7) is 4.39. The molecule has 3 aromatic carbocycles. The van der Waals surface area contributed by atoms with Crippen LogP contribution in [0.15, 0.2) is 77.7 Å². The molecule has 0 heterocycles. The van der Waals surface area contributed by atoms with E-state index in [9.17, 15) is 13.2 Å². The molecule has 1 aliphatic carbocycles. The van der Waals surface area contributed by atoms with Crippen LogP contribution in [0.1, 0.15) is 39.9 Å². The van der Waals surface area contributed by atoms with Crippen molar-refractivity contribution >= 4 is 21.6 Å². The highest BCUT2D eigenvalue weighted by atomic mass is 32.2. The molecule has 1 fully saturated rings. The number of aryl methyl sites for hydroxylation is 1. The fraction of sp³-hybridized carbons (Fsp3) is 0.240. The second kappa shape index (κ2) is 8.19. The van der Waals surface area contributed by atoms with E-state index in [-0.39, 0.29) is 16.2 Å². The fourth-order valence-corrected chi connectivity index (χ4v) is 4.84. The molecular weight excluding hydrogens is 408 g/mol. The molecule has 0 bridgehead atoms. The summed E-state index contributed by atoms with van der Waals surface area (Å²) in [5.74, 6) is -0.200. The Labute approximate surface area is 183 Å². The van der Waals surface area contributed by atoms with E-state index in [1.54, 1.807) is 18.2 Å². The van der Waals surface area contributed by atoms with Gasteiger partial charge in [0.1, 0.15) is 0 Å². The van der Waals surface area contributed by atoms with E-state index in [0.29, 0.717) is 17.8 Å². The van der Waals surface area contributed by atoms with Gasteiger partial charge in [0, 0.05) is 17.5 Å². The molecule has 1 amide bonds. The number of nitrogens with one attached hydrogen (secondary N) is 2. The maximum absolute atomic E-state index is 12.8. The predicted octanol–water partition coefficient (Wildman–Crippen LogP) is 4.57. The SMILES string of the molecule is Cc1cccc(NS(=O)(=O)c2ccc(C(=O)NCC3(c4ccccc4)CC3)cc2)c1C. The zero-order valence-electron chi connectivity index (χ0n) is 17.7. The third-order valence-electron chi connectivity index (χ3n) is 6.10. The molecule has 3 aromatic rings. The maximum Gasteiger partial charge on any atom is 0.261 e. The molecule has 4 rings (SSSR count). The zero-order valence-corrected chi connectivity index (χ0v) is 18.5. The quantitative estimate of drug-likeness (QED) is 0.572. The highest BCUT2D eigenvalue weighted by molar-refractivity contribution is 7.92. The van der Waals surface area contributed by atoms with Crippen molar-refractivity contribution in [3.63, 3.8) is 0 Å². The first-order valence-electron chi connectivity index (χ1n) is 10.3. The second-order valence-corrected chi connectivity index (χ2v) is 9.89. The maximum atomic E-state index is 12.8. The van der Waals surface area contributed by atoms with Crippen LogP contribution < -0.4 is 10.0 Å². The van der Waals surface area contributed by atoms with Crippen LogP contribution in [0.2, 0.25) is 0 Å². The lowest BCUT2D eigenvalue weighted by Gasteiger charge is -2.17. The van der Waals surface area contributed by atoms with E-state index in [2.05, 4.69) is 22.2 Å². The van der Waals surface area contributed by atoms with Gasteiger partial charge in [-0.25, -0.2) is 8.42 Å². The number of amides is 1. The van der Waals surface area contributed by atoms with Crippen LogP contribution >= 0.6 is 0 Å². The third-order valence-corrected chi connectivity index (χ3v) is 7.48. The molecule has 2 N–H and O–H groups in total. The lowest BCUT2D eigenvalue weighted by molar-refractivity contribution is 0.0949. The Morgan fingerprint density at radius 2 is 1.58 bits per heavy atom. The highest BCUT2D eigenvalue weighted by Gasteiger charge is 2.44. The van der Waals surface area contributed by atoms with Gasteiger partial charge in [-0.05, 0) is 73.7 Å². The Bertz CT molecular complexity index is 1200. The van der Waals surface area contributed by atoms with Crippen molar-refractivity contribution in [2.75, 3.05) is 11.3 Å². The molecule has 160 valence electrons. The molecule has 0 aromatic heterocycles. The third kappa shape index (κ3) is 4.49. The molecule has 1 aliphatic rings. The van der Waals surface area contributed by atoms with Gasteiger partial charge in [0.2, 0.25) is 0 Å². The molecule has 5 nitrogen and oxygen atoms in total. The molecule has 0 saturated heterocycles. The van der Waals surface area contributed by atoms with Crippen molar-refractivity contribution < 1.29 is 13.2 Å². The molecule has 0 atom stereocenters. The number of rotatable bonds is 7. The van der Waals surface area contributed by atoms with Crippen LogP contribution in [0.25, 0.3) is 0 Å². The Kier molecular flexibility index (Phi) is 5.58. The summed E-state index contributed by atoms with van der Waals surface area (Å²) in [6.07, 6.45) is 2.11. The van der Waals surface area contributed by atoms with Crippen molar-refractivity contribution in [3.8, 4) is 0 Å². The van der Waals surface area contributed by atoms with Crippen molar-refractivity contribution in [1.29, 1.82) is 0 Å². The van der Waals surface area contributed by atoms with E-state index in [4.69, 9.17) is 0 Å². The van der Waals surface area contributed by atoms with Crippen LogP contribution in [0.3, 0.4) is 0 Å². The van der Waals surface area contributed by atoms with E-state index in [1.807, 2.05) is 44.2 Å². The van der Waals surface area contributed by atoms with Crippen LogP contribution in [0.5, 0.6) is 0 Å². The van der Waals surface area contributed by atoms with Gasteiger partial charge in [0.05, 0.1) is 10.6 Å². The topological polar surface area (TPSA) is 75.3 Å². The van der Waals surface area contributed by atoms with Crippen LogP contribution in [0.4, 0.5) is 5.69 Å². The second-order valence-electron chi connectivity index (χ2n) is 8.21. The smallest absolute Gasteiger partial charge is 0.261 e. The Morgan fingerprint density at radius 3 is 2.23 bits per heavy atom. The van der Waals surface area contributed by atoms with Crippen molar-refractivity contribution in [3.05, 3.63) is 95.1 Å². The number of carbonyl (C=O) groups is 1. The molecule has 0 radical (unpaired) electrons. The van der Waals surface area contributed by atoms with Gasteiger partial charge in [-0.1, -0.05) is 42.5 Å². The first-order chi connectivity index (χ1) is 14.8. The number of hydrogen-bond donors (Lipinski definition) is 2. The van der Waals surface area contributed by atoms with Gasteiger partial charge >= 0.3 is 0 Å². The summed E-state index contributed by atoms with van der Waals surface area (Å²) in [5.41, 5.74) is 4.16.